The number of H-pyrrole nitrogens is 1. The van der Waals surface area contributed by atoms with Crippen molar-refractivity contribution in [2.75, 3.05) is 0 Å². The van der Waals surface area contributed by atoms with Crippen molar-refractivity contribution in [2.24, 2.45) is 0 Å². The van der Waals surface area contributed by atoms with Crippen LogP contribution in [0.5, 0.6) is 5.75 Å². The van der Waals surface area contributed by atoms with E-state index in [0.29, 0.717) is 5.16 Å². The molecule has 3 rings (SSSR count). The summed E-state index contributed by atoms with van der Waals surface area (Å²) in [6.45, 7) is 2.00. The number of phenolic OH excluding ortho intramolecular Hbond substituents is 1. The van der Waals surface area contributed by atoms with E-state index in [0.717, 1.165) is 28.4 Å². The van der Waals surface area contributed by atoms with E-state index >= 15 is 0 Å². The van der Waals surface area contributed by atoms with Gasteiger partial charge in [-0.1, -0.05) is 18.2 Å². The van der Waals surface area contributed by atoms with Gasteiger partial charge >= 0.3 is 0 Å². The number of rotatable bonds is 2. The molecule has 5 heteroatoms. The van der Waals surface area contributed by atoms with Crippen molar-refractivity contribution in [2.45, 2.75) is 12.1 Å². The van der Waals surface area contributed by atoms with Crippen LogP contribution in [-0.2, 0) is 0 Å². The molecule has 0 fully saturated rings. The first kappa shape index (κ1) is 12.7. The molecule has 100 valence electrons. The van der Waals surface area contributed by atoms with Gasteiger partial charge in [0, 0.05) is 0 Å². The highest BCUT2D eigenvalue weighted by Gasteiger charge is 2.14. The lowest BCUT2D eigenvalue weighted by Gasteiger charge is -2.00. The van der Waals surface area contributed by atoms with Crippen LogP contribution in [0.25, 0.3) is 11.0 Å². The molecule has 2 N–H and O–H groups in total. The number of aromatic amines is 1. The van der Waals surface area contributed by atoms with E-state index in [2.05, 4.69) is 9.97 Å². The molecular weight excluding hydrogens is 272 g/mol. The minimum absolute atomic E-state index is 0.0167. The first-order valence-corrected chi connectivity index (χ1v) is 6.92. The van der Waals surface area contributed by atoms with Gasteiger partial charge in [0.25, 0.3) is 0 Å². The van der Waals surface area contributed by atoms with Gasteiger partial charge in [0.05, 0.1) is 16.6 Å². The van der Waals surface area contributed by atoms with Gasteiger partial charge in [-0.15, -0.1) is 0 Å². The van der Waals surface area contributed by atoms with Crippen LogP contribution in [0.4, 0.5) is 0 Å². The van der Waals surface area contributed by atoms with Gasteiger partial charge in [-0.3, -0.25) is 4.79 Å². The number of aryl methyl sites for hydroxylation is 1. The summed E-state index contributed by atoms with van der Waals surface area (Å²) >= 11 is 0.977. The molecule has 0 aliphatic carbocycles. The highest BCUT2D eigenvalue weighted by Crippen LogP contribution is 2.27. The summed E-state index contributed by atoms with van der Waals surface area (Å²) in [4.78, 5) is 19.6. The molecule has 0 unspecified atom stereocenters. The third-order valence-electron chi connectivity index (χ3n) is 2.93. The van der Waals surface area contributed by atoms with E-state index in [4.69, 9.17) is 0 Å². The number of hydrogen-bond donors (Lipinski definition) is 2. The second-order valence-corrected chi connectivity index (χ2v) is 5.43. The Morgan fingerprint density at radius 1 is 1.25 bits per heavy atom. The average Bonchev–Trinajstić information content (AvgIpc) is 2.80. The molecule has 0 bridgehead atoms. The quantitative estimate of drug-likeness (QED) is 0.707. The predicted molar refractivity (Wildman–Crippen MR) is 79.1 cm³/mol. The van der Waals surface area contributed by atoms with Gasteiger partial charge < -0.3 is 10.1 Å². The number of fused-ring (bicyclic) bond motifs is 1. The van der Waals surface area contributed by atoms with Crippen LogP contribution < -0.4 is 0 Å². The number of thioether (sulfide) groups is 1. The van der Waals surface area contributed by atoms with Crippen molar-refractivity contribution in [1.82, 2.24) is 9.97 Å². The van der Waals surface area contributed by atoms with E-state index in [1.165, 1.54) is 6.07 Å². The van der Waals surface area contributed by atoms with Crippen LogP contribution in [0.3, 0.4) is 0 Å². The Hall–Kier alpha value is -2.27. The normalized spacial score (nSPS) is 10.8. The van der Waals surface area contributed by atoms with Crippen LogP contribution in [0.15, 0.2) is 47.6 Å². The summed E-state index contributed by atoms with van der Waals surface area (Å²) in [5.41, 5.74) is 3.14. The Balaban J connectivity index is 1.89. The summed E-state index contributed by atoms with van der Waals surface area (Å²) in [6.07, 6.45) is 0. The maximum absolute atomic E-state index is 12.1. The molecule has 0 atom stereocenters. The van der Waals surface area contributed by atoms with Crippen molar-refractivity contribution in [1.29, 1.82) is 0 Å². The summed E-state index contributed by atoms with van der Waals surface area (Å²) in [7, 11) is 0. The van der Waals surface area contributed by atoms with E-state index in [1.54, 1.807) is 18.2 Å². The minimum atomic E-state index is -0.237. The molecule has 2 aromatic carbocycles. The summed E-state index contributed by atoms with van der Waals surface area (Å²) in [5, 5.41) is 9.96. The zero-order valence-electron chi connectivity index (χ0n) is 10.8. The van der Waals surface area contributed by atoms with Crippen molar-refractivity contribution in [3.05, 3.63) is 53.6 Å². The van der Waals surface area contributed by atoms with E-state index < -0.39 is 0 Å². The fraction of sp³-hybridized carbons (Fsp3) is 0.0667. The number of imidazole rings is 1. The van der Waals surface area contributed by atoms with Crippen molar-refractivity contribution in [3.8, 4) is 5.75 Å². The molecule has 0 spiro atoms. The Bertz CT molecular complexity index is 795. The molecule has 0 radical (unpaired) electrons. The third kappa shape index (κ3) is 2.40. The number of phenols is 1. The molecule has 0 saturated heterocycles. The zero-order valence-corrected chi connectivity index (χ0v) is 11.6. The summed E-state index contributed by atoms with van der Waals surface area (Å²) < 4.78 is 0. The van der Waals surface area contributed by atoms with Crippen LogP contribution >= 0.6 is 11.8 Å². The first-order valence-electron chi connectivity index (χ1n) is 6.10. The van der Waals surface area contributed by atoms with Crippen LogP contribution in [0.2, 0.25) is 0 Å². The summed E-state index contributed by atoms with van der Waals surface area (Å²) in [6, 6.07) is 12.4. The van der Waals surface area contributed by atoms with Crippen LogP contribution in [-0.4, -0.2) is 20.2 Å². The second-order valence-electron chi connectivity index (χ2n) is 4.47. The lowest BCUT2D eigenvalue weighted by Crippen LogP contribution is -1.94. The molecule has 0 amide bonds. The number of benzene rings is 2. The number of nitrogens with one attached hydrogen (secondary N) is 1. The second kappa shape index (κ2) is 5.02. The van der Waals surface area contributed by atoms with Gasteiger partial charge in [0.1, 0.15) is 5.75 Å². The number of carbonyl (C=O) groups is 1. The highest BCUT2D eigenvalue weighted by molar-refractivity contribution is 8.14. The lowest BCUT2D eigenvalue weighted by molar-refractivity contribution is 0.108. The largest absolute Gasteiger partial charge is 0.507 e. The number of aromatic nitrogens is 2. The number of carbonyl (C=O) groups excluding carboxylic acids is 1. The van der Waals surface area contributed by atoms with E-state index in [1.807, 2.05) is 25.1 Å². The van der Waals surface area contributed by atoms with Crippen LogP contribution in [0.1, 0.15) is 15.9 Å². The zero-order chi connectivity index (χ0) is 14.1. The van der Waals surface area contributed by atoms with Gasteiger partial charge in [0.2, 0.25) is 5.12 Å². The Morgan fingerprint density at radius 2 is 2.05 bits per heavy atom. The van der Waals surface area contributed by atoms with Gasteiger partial charge in [-0.25, -0.2) is 4.98 Å². The highest BCUT2D eigenvalue weighted by atomic mass is 32.2. The average molecular weight is 284 g/mol. The molecule has 1 aromatic heterocycles. The summed E-state index contributed by atoms with van der Waals surface area (Å²) in [5.74, 6) is -0.0167. The first-order chi connectivity index (χ1) is 9.63. The molecule has 20 heavy (non-hydrogen) atoms. The van der Waals surface area contributed by atoms with E-state index in [9.17, 15) is 9.90 Å². The fourth-order valence-electron chi connectivity index (χ4n) is 1.94. The third-order valence-corrected chi connectivity index (χ3v) is 3.72. The minimum Gasteiger partial charge on any atom is -0.507 e. The molecule has 1 heterocycles. The number of nitrogens with zero attached hydrogens (tertiary/aromatic N) is 1. The Morgan fingerprint density at radius 3 is 2.85 bits per heavy atom. The molecule has 0 aliphatic heterocycles. The predicted octanol–water partition coefficient (Wildman–Crippen LogP) is 3.51. The van der Waals surface area contributed by atoms with Crippen molar-refractivity contribution in [3.63, 3.8) is 0 Å². The monoisotopic (exact) mass is 284 g/mol. The fourth-order valence-corrected chi connectivity index (χ4v) is 2.70. The van der Waals surface area contributed by atoms with Gasteiger partial charge in [-0.05, 0) is 48.5 Å². The van der Waals surface area contributed by atoms with Gasteiger partial charge in [-0.2, -0.15) is 0 Å². The topological polar surface area (TPSA) is 66.0 Å². The maximum Gasteiger partial charge on any atom is 0.230 e. The Labute approximate surface area is 119 Å². The number of aromatic hydroxyl groups is 1. The van der Waals surface area contributed by atoms with E-state index in [-0.39, 0.29) is 16.4 Å². The van der Waals surface area contributed by atoms with Gasteiger partial charge in [0.15, 0.2) is 5.16 Å². The molecule has 0 aliphatic rings. The molecule has 4 nitrogen and oxygen atoms in total. The maximum atomic E-state index is 12.1. The lowest BCUT2D eigenvalue weighted by atomic mass is 10.2. The number of hydrogen-bond acceptors (Lipinski definition) is 4. The van der Waals surface area contributed by atoms with Crippen molar-refractivity contribution >= 4 is 27.9 Å². The number of para-hydroxylation sites is 1. The molecule has 0 saturated carbocycles. The smallest absolute Gasteiger partial charge is 0.230 e. The standard InChI is InChI=1S/C15H12N2O2S/c1-9-6-7-11-12(8-9)17-15(16-11)20-14(19)10-4-2-3-5-13(10)18/h2-8,18H,1H3,(H,16,17). The Kier molecular flexibility index (Phi) is 3.20. The van der Waals surface area contributed by atoms with Crippen molar-refractivity contribution < 1.29 is 9.90 Å². The van der Waals surface area contributed by atoms with Crippen LogP contribution in [0, 0.1) is 6.92 Å². The SMILES string of the molecule is Cc1ccc2nc(SC(=O)c3ccccc3O)[nH]c2c1. The molecule has 3 aromatic rings. The molecular formula is C15H12N2O2S.